The first-order valence-corrected chi connectivity index (χ1v) is 12.3. The number of phenols is 1. The molecule has 2 saturated heterocycles. The topological polar surface area (TPSA) is 79.9 Å². The molecule has 0 saturated carbocycles. The summed E-state index contributed by atoms with van der Waals surface area (Å²) in [6.45, 7) is 4.75. The SMILES string of the molecule is CC12Cc3c([nH]c4cc(F)c(Cl)cc34)C(c3cccc(O)c3)N1C(=O)N(CCN1CCCC1)C2=O. The van der Waals surface area contributed by atoms with Crippen LogP contribution in [0.1, 0.15) is 42.6 Å². The molecule has 3 aliphatic heterocycles. The van der Waals surface area contributed by atoms with Gasteiger partial charge in [-0.05, 0) is 68.2 Å². The van der Waals surface area contributed by atoms with Gasteiger partial charge in [0.2, 0.25) is 0 Å². The molecule has 2 unspecified atom stereocenters. The Bertz CT molecular complexity index is 1370. The lowest BCUT2D eigenvalue weighted by atomic mass is 9.81. The van der Waals surface area contributed by atoms with E-state index in [1.807, 2.05) is 6.07 Å². The van der Waals surface area contributed by atoms with Crippen molar-refractivity contribution in [2.45, 2.75) is 37.8 Å². The number of fused-ring (bicyclic) bond motifs is 4. The summed E-state index contributed by atoms with van der Waals surface area (Å²) in [5, 5.41) is 11.0. The number of aromatic amines is 1. The van der Waals surface area contributed by atoms with Crippen molar-refractivity contribution in [2.24, 2.45) is 0 Å². The fourth-order valence-corrected chi connectivity index (χ4v) is 6.16. The van der Waals surface area contributed by atoms with Crippen LogP contribution >= 0.6 is 11.6 Å². The summed E-state index contributed by atoms with van der Waals surface area (Å²) in [6, 6.07) is 8.61. The van der Waals surface area contributed by atoms with Crippen LogP contribution in [0.15, 0.2) is 36.4 Å². The Balaban J connectivity index is 1.49. The highest BCUT2D eigenvalue weighted by Gasteiger charge is 2.60. The molecular weight excluding hydrogens is 471 g/mol. The lowest BCUT2D eigenvalue weighted by Crippen LogP contribution is -2.53. The van der Waals surface area contributed by atoms with E-state index >= 15 is 0 Å². The van der Waals surface area contributed by atoms with Crippen LogP contribution in [0.3, 0.4) is 0 Å². The van der Waals surface area contributed by atoms with Crippen LogP contribution in [0.5, 0.6) is 5.75 Å². The van der Waals surface area contributed by atoms with Crippen LogP contribution in [-0.4, -0.2) is 68.4 Å². The number of halogens is 2. The van der Waals surface area contributed by atoms with E-state index in [-0.39, 0.29) is 29.1 Å². The third kappa shape index (κ3) is 3.34. The number of imide groups is 1. The zero-order valence-corrected chi connectivity index (χ0v) is 20.1. The Labute approximate surface area is 207 Å². The highest BCUT2D eigenvalue weighted by Crippen LogP contribution is 2.49. The van der Waals surface area contributed by atoms with E-state index < -0.39 is 17.4 Å². The number of aromatic nitrogens is 1. The maximum absolute atomic E-state index is 14.3. The molecule has 35 heavy (non-hydrogen) atoms. The Morgan fingerprint density at radius 2 is 1.94 bits per heavy atom. The molecule has 2 aromatic carbocycles. The molecule has 3 aliphatic rings. The number of aromatic hydroxyl groups is 1. The van der Waals surface area contributed by atoms with Gasteiger partial charge in [0.05, 0.1) is 5.02 Å². The van der Waals surface area contributed by atoms with E-state index in [1.54, 1.807) is 36.1 Å². The number of H-pyrrole nitrogens is 1. The molecule has 9 heteroatoms. The van der Waals surface area contributed by atoms with Gasteiger partial charge < -0.3 is 15.0 Å². The van der Waals surface area contributed by atoms with Gasteiger partial charge in [0, 0.05) is 36.1 Å². The summed E-state index contributed by atoms with van der Waals surface area (Å²) in [4.78, 5) is 36.2. The minimum absolute atomic E-state index is 0.00172. The molecule has 0 spiro atoms. The summed E-state index contributed by atoms with van der Waals surface area (Å²) in [6.07, 6.45) is 2.55. The number of carbonyl (C=O) groups is 2. The average Bonchev–Trinajstić information content (AvgIpc) is 3.50. The van der Waals surface area contributed by atoms with Crippen molar-refractivity contribution in [3.63, 3.8) is 0 Å². The molecule has 0 aliphatic carbocycles. The summed E-state index contributed by atoms with van der Waals surface area (Å²) in [7, 11) is 0. The summed E-state index contributed by atoms with van der Waals surface area (Å²) in [5.74, 6) is -0.718. The van der Waals surface area contributed by atoms with Crippen LogP contribution in [-0.2, 0) is 11.2 Å². The number of rotatable bonds is 4. The Morgan fingerprint density at radius 1 is 1.17 bits per heavy atom. The number of nitrogens with zero attached hydrogens (tertiary/aromatic N) is 3. The normalized spacial score (nSPS) is 24.5. The number of hydrogen-bond acceptors (Lipinski definition) is 4. The first kappa shape index (κ1) is 22.4. The van der Waals surface area contributed by atoms with Gasteiger partial charge in [0.15, 0.2) is 0 Å². The van der Waals surface area contributed by atoms with Crippen molar-refractivity contribution >= 4 is 34.4 Å². The summed E-state index contributed by atoms with van der Waals surface area (Å²) in [5.41, 5.74) is 1.63. The molecular formula is C26H26ClFN4O3. The smallest absolute Gasteiger partial charge is 0.328 e. The quantitative estimate of drug-likeness (QED) is 0.524. The largest absolute Gasteiger partial charge is 0.508 e. The molecule has 182 valence electrons. The highest BCUT2D eigenvalue weighted by atomic mass is 35.5. The van der Waals surface area contributed by atoms with Gasteiger partial charge in [0.1, 0.15) is 23.1 Å². The average molecular weight is 497 g/mol. The summed E-state index contributed by atoms with van der Waals surface area (Å²) >= 11 is 6.12. The van der Waals surface area contributed by atoms with E-state index in [2.05, 4.69) is 9.88 Å². The molecule has 2 N–H and O–H groups in total. The molecule has 0 radical (unpaired) electrons. The second-order valence-electron chi connectivity index (χ2n) is 9.94. The van der Waals surface area contributed by atoms with E-state index in [9.17, 15) is 19.1 Å². The van der Waals surface area contributed by atoms with Gasteiger partial charge in [-0.15, -0.1) is 0 Å². The maximum Gasteiger partial charge on any atom is 0.328 e. The van der Waals surface area contributed by atoms with Gasteiger partial charge in [-0.2, -0.15) is 0 Å². The fraction of sp³-hybridized carbons (Fsp3) is 0.385. The number of carbonyl (C=O) groups excluding carboxylic acids is 2. The molecule has 4 heterocycles. The van der Waals surface area contributed by atoms with Crippen LogP contribution in [0.4, 0.5) is 9.18 Å². The predicted octanol–water partition coefficient (Wildman–Crippen LogP) is 4.43. The second-order valence-corrected chi connectivity index (χ2v) is 10.3. The lowest BCUT2D eigenvalue weighted by Gasteiger charge is -2.42. The zero-order valence-electron chi connectivity index (χ0n) is 19.4. The Kier molecular flexibility index (Phi) is 5.09. The number of amides is 3. The molecule has 1 aromatic heterocycles. The molecule has 6 rings (SSSR count). The number of likely N-dealkylation sites (tertiary alicyclic amines) is 1. The molecule has 2 atom stereocenters. The molecule has 0 bridgehead atoms. The maximum atomic E-state index is 14.3. The van der Waals surface area contributed by atoms with Crippen molar-refractivity contribution in [1.29, 1.82) is 0 Å². The van der Waals surface area contributed by atoms with Crippen molar-refractivity contribution in [3.8, 4) is 5.75 Å². The van der Waals surface area contributed by atoms with Crippen molar-refractivity contribution in [1.82, 2.24) is 19.7 Å². The van der Waals surface area contributed by atoms with Crippen molar-refractivity contribution in [2.75, 3.05) is 26.2 Å². The first-order valence-electron chi connectivity index (χ1n) is 11.9. The number of hydrogen-bond donors (Lipinski definition) is 2. The van der Waals surface area contributed by atoms with Crippen LogP contribution in [0.25, 0.3) is 10.9 Å². The third-order valence-corrected chi connectivity index (χ3v) is 8.02. The van der Waals surface area contributed by atoms with Crippen molar-refractivity contribution < 1.29 is 19.1 Å². The zero-order chi connectivity index (χ0) is 24.5. The third-order valence-electron chi connectivity index (χ3n) is 7.73. The second kappa shape index (κ2) is 7.96. The standard InChI is InChI=1S/C26H26ClFN4O3/c1-26-14-18-17-12-19(27)20(28)13-21(17)29-22(18)23(15-5-4-6-16(33)11-15)32(26)25(35)31(24(26)34)10-9-30-7-2-3-8-30/h4-6,11-13,23,29,33H,2-3,7-10,14H2,1H3. The number of benzene rings is 2. The number of nitrogens with one attached hydrogen (secondary N) is 1. The minimum Gasteiger partial charge on any atom is -0.508 e. The van der Waals surface area contributed by atoms with E-state index in [0.29, 0.717) is 29.9 Å². The molecule has 3 amide bonds. The van der Waals surface area contributed by atoms with Gasteiger partial charge in [0.25, 0.3) is 5.91 Å². The van der Waals surface area contributed by atoms with Gasteiger partial charge >= 0.3 is 6.03 Å². The molecule has 2 fully saturated rings. The molecule has 7 nitrogen and oxygen atoms in total. The van der Waals surface area contributed by atoms with E-state index in [0.717, 1.165) is 36.9 Å². The first-order chi connectivity index (χ1) is 16.8. The number of urea groups is 1. The van der Waals surface area contributed by atoms with Gasteiger partial charge in [-0.25, -0.2) is 9.18 Å². The predicted molar refractivity (Wildman–Crippen MR) is 130 cm³/mol. The van der Waals surface area contributed by atoms with Crippen LogP contribution < -0.4 is 0 Å². The highest BCUT2D eigenvalue weighted by molar-refractivity contribution is 6.31. The monoisotopic (exact) mass is 496 g/mol. The molecule has 3 aromatic rings. The van der Waals surface area contributed by atoms with Gasteiger partial charge in [-0.3, -0.25) is 14.6 Å². The summed E-state index contributed by atoms with van der Waals surface area (Å²) < 4.78 is 14.3. The Morgan fingerprint density at radius 3 is 2.69 bits per heavy atom. The van der Waals surface area contributed by atoms with E-state index in [4.69, 9.17) is 11.6 Å². The number of phenolic OH excluding ortho intramolecular Hbond substituents is 1. The van der Waals surface area contributed by atoms with Crippen LogP contribution in [0.2, 0.25) is 5.02 Å². The lowest BCUT2D eigenvalue weighted by molar-refractivity contribution is -0.133. The van der Waals surface area contributed by atoms with Gasteiger partial charge in [-0.1, -0.05) is 23.7 Å². The van der Waals surface area contributed by atoms with Crippen molar-refractivity contribution in [3.05, 3.63) is 64.1 Å². The van der Waals surface area contributed by atoms with Crippen LogP contribution in [0, 0.1) is 5.82 Å². The minimum atomic E-state index is -1.12. The fourth-order valence-electron chi connectivity index (χ4n) is 6.00. The van der Waals surface area contributed by atoms with E-state index in [1.165, 1.54) is 11.0 Å². The Hall–Kier alpha value is -3.10.